The molecule has 0 saturated heterocycles. The number of aromatic nitrogens is 2. The SMILES string of the molecule is COc1ccccc1CN(CCc1c[nH]c2ccccc12)Cc1nc(C(=O)NCCN(C)C)co1. The summed E-state index contributed by atoms with van der Waals surface area (Å²) in [5.74, 6) is 1.13. The molecule has 0 saturated carbocycles. The van der Waals surface area contributed by atoms with Gasteiger partial charge in [0.1, 0.15) is 12.0 Å². The lowest BCUT2D eigenvalue weighted by molar-refractivity contribution is 0.0946. The number of aromatic amines is 1. The molecule has 0 aliphatic rings. The van der Waals surface area contributed by atoms with E-state index >= 15 is 0 Å². The summed E-state index contributed by atoms with van der Waals surface area (Å²) in [6.45, 7) is 3.24. The summed E-state index contributed by atoms with van der Waals surface area (Å²) in [6.07, 6.45) is 4.37. The Labute approximate surface area is 205 Å². The van der Waals surface area contributed by atoms with Crippen molar-refractivity contribution < 1.29 is 13.9 Å². The molecule has 0 unspecified atom stereocenters. The number of nitrogens with zero attached hydrogens (tertiary/aromatic N) is 3. The summed E-state index contributed by atoms with van der Waals surface area (Å²) >= 11 is 0. The number of rotatable bonds is 12. The van der Waals surface area contributed by atoms with Crippen LogP contribution in [-0.4, -0.2) is 66.5 Å². The maximum absolute atomic E-state index is 12.4. The number of H-pyrrole nitrogens is 1. The van der Waals surface area contributed by atoms with Crippen molar-refractivity contribution in [2.75, 3.05) is 40.8 Å². The normalized spacial score (nSPS) is 11.5. The average Bonchev–Trinajstić information content (AvgIpc) is 3.50. The van der Waals surface area contributed by atoms with E-state index in [0.717, 1.165) is 36.3 Å². The van der Waals surface area contributed by atoms with Crippen LogP contribution in [0.3, 0.4) is 0 Å². The van der Waals surface area contributed by atoms with E-state index in [0.29, 0.717) is 31.2 Å². The number of carbonyl (C=O) groups excluding carboxylic acids is 1. The third-order valence-electron chi connectivity index (χ3n) is 5.95. The van der Waals surface area contributed by atoms with Crippen LogP contribution < -0.4 is 10.1 Å². The standard InChI is InChI=1S/C27H33N5O3/c1-31(2)15-13-28-27(33)24-19-35-26(30-24)18-32(17-21-8-4-7-11-25(21)34-3)14-12-20-16-29-23-10-6-5-9-22(20)23/h4-11,16,19,29H,12-15,17-18H2,1-3H3,(H,28,33). The molecule has 0 radical (unpaired) electrons. The van der Waals surface area contributed by atoms with Crippen molar-refractivity contribution in [2.24, 2.45) is 0 Å². The predicted octanol–water partition coefficient (Wildman–Crippen LogP) is 3.70. The number of oxazole rings is 1. The van der Waals surface area contributed by atoms with Gasteiger partial charge in [-0.2, -0.15) is 0 Å². The van der Waals surface area contributed by atoms with Crippen molar-refractivity contribution in [3.05, 3.63) is 83.7 Å². The highest BCUT2D eigenvalue weighted by atomic mass is 16.5. The van der Waals surface area contributed by atoms with Gasteiger partial charge in [0.25, 0.3) is 5.91 Å². The van der Waals surface area contributed by atoms with Gasteiger partial charge >= 0.3 is 0 Å². The minimum absolute atomic E-state index is 0.225. The molecule has 2 N–H and O–H groups in total. The van der Waals surface area contributed by atoms with Crippen LogP contribution >= 0.6 is 0 Å². The highest BCUT2D eigenvalue weighted by molar-refractivity contribution is 5.91. The number of fused-ring (bicyclic) bond motifs is 1. The molecule has 0 aliphatic carbocycles. The smallest absolute Gasteiger partial charge is 0.273 e. The number of amides is 1. The Morgan fingerprint density at radius 2 is 1.86 bits per heavy atom. The molecular formula is C27H33N5O3. The molecule has 2 aromatic heterocycles. The summed E-state index contributed by atoms with van der Waals surface area (Å²) in [5, 5.41) is 4.11. The maximum Gasteiger partial charge on any atom is 0.273 e. The van der Waals surface area contributed by atoms with Crippen LogP contribution in [0.2, 0.25) is 0 Å². The first kappa shape index (κ1) is 24.5. The largest absolute Gasteiger partial charge is 0.496 e. The molecular weight excluding hydrogens is 442 g/mol. The second-order valence-corrected chi connectivity index (χ2v) is 8.82. The number of para-hydroxylation sites is 2. The van der Waals surface area contributed by atoms with Gasteiger partial charge in [0, 0.05) is 48.8 Å². The van der Waals surface area contributed by atoms with E-state index in [-0.39, 0.29) is 5.91 Å². The molecule has 0 aliphatic heterocycles. The van der Waals surface area contributed by atoms with Gasteiger partial charge in [0.2, 0.25) is 5.89 Å². The number of hydrogen-bond donors (Lipinski definition) is 2. The van der Waals surface area contributed by atoms with Crippen LogP contribution in [0.25, 0.3) is 10.9 Å². The van der Waals surface area contributed by atoms with Gasteiger partial charge in [-0.1, -0.05) is 36.4 Å². The number of carbonyl (C=O) groups is 1. The van der Waals surface area contributed by atoms with Gasteiger partial charge in [-0.25, -0.2) is 4.98 Å². The molecule has 0 atom stereocenters. The Morgan fingerprint density at radius 1 is 1.06 bits per heavy atom. The van der Waals surface area contributed by atoms with Gasteiger partial charge in [0.15, 0.2) is 5.69 Å². The van der Waals surface area contributed by atoms with Gasteiger partial charge in [-0.15, -0.1) is 0 Å². The van der Waals surface area contributed by atoms with E-state index in [2.05, 4.69) is 50.6 Å². The Balaban J connectivity index is 1.47. The number of likely N-dealkylation sites (N-methyl/N-ethyl adjacent to an activating group) is 1. The van der Waals surface area contributed by atoms with E-state index < -0.39 is 0 Å². The molecule has 0 spiro atoms. The summed E-state index contributed by atoms with van der Waals surface area (Å²) in [4.78, 5) is 24.5. The van der Waals surface area contributed by atoms with Crippen molar-refractivity contribution in [3.8, 4) is 5.75 Å². The van der Waals surface area contributed by atoms with Crippen molar-refractivity contribution in [1.29, 1.82) is 0 Å². The van der Waals surface area contributed by atoms with Crippen LogP contribution in [0.15, 0.2) is 65.4 Å². The molecule has 8 nitrogen and oxygen atoms in total. The third kappa shape index (κ3) is 6.49. The van der Waals surface area contributed by atoms with Crippen molar-refractivity contribution >= 4 is 16.8 Å². The lowest BCUT2D eigenvalue weighted by Gasteiger charge is -2.22. The van der Waals surface area contributed by atoms with Gasteiger partial charge < -0.3 is 24.4 Å². The van der Waals surface area contributed by atoms with E-state index in [9.17, 15) is 4.79 Å². The molecule has 2 heterocycles. The molecule has 0 bridgehead atoms. The lowest BCUT2D eigenvalue weighted by Crippen LogP contribution is -2.31. The summed E-state index contributed by atoms with van der Waals surface area (Å²) in [6, 6.07) is 16.3. The fourth-order valence-corrected chi connectivity index (χ4v) is 4.07. The molecule has 8 heteroatoms. The Bertz CT molecular complexity index is 1250. The minimum Gasteiger partial charge on any atom is -0.496 e. The van der Waals surface area contributed by atoms with E-state index in [4.69, 9.17) is 9.15 Å². The zero-order valence-electron chi connectivity index (χ0n) is 20.6. The molecule has 0 fully saturated rings. The lowest BCUT2D eigenvalue weighted by atomic mass is 10.1. The van der Waals surface area contributed by atoms with E-state index in [1.165, 1.54) is 17.2 Å². The van der Waals surface area contributed by atoms with Crippen LogP contribution in [0.4, 0.5) is 0 Å². The molecule has 4 aromatic rings. The van der Waals surface area contributed by atoms with Gasteiger partial charge in [-0.05, 0) is 38.2 Å². The van der Waals surface area contributed by atoms with Crippen LogP contribution in [-0.2, 0) is 19.5 Å². The number of nitrogens with one attached hydrogen (secondary N) is 2. The summed E-state index contributed by atoms with van der Waals surface area (Å²) < 4.78 is 11.3. The topological polar surface area (TPSA) is 86.6 Å². The predicted molar refractivity (Wildman–Crippen MR) is 137 cm³/mol. The quantitative estimate of drug-likeness (QED) is 0.325. The minimum atomic E-state index is -0.225. The summed E-state index contributed by atoms with van der Waals surface area (Å²) in [5.41, 5.74) is 3.78. The number of hydrogen-bond acceptors (Lipinski definition) is 6. The summed E-state index contributed by atoms with van der Waals surface area (Å²) in [7, 11) is 5.62. The van der Waals surface area contributed by atoms with Crippen LogP contribution in [0.5, 0.6) is 5.75 Å². The fourth-order valence-electron chi connectivity index (χ4n) is 4.07. The maximum atomic E-state index is 12.4. The van der Waals surface area contributed by atoms with Gasteiger partial charge in [-0.3, -0.25) is 9.69 Å². The molecule has 4 rings (SSSR count). The number of ether oxygens (including phenoxy) is 1. The van der Waals surface area contributed by atoms with E-state index in [1.54, 1.807) is 7.11 Å². The first-order chi connectivity index (χ1) is 17.0. The van der Waals surface area contributed by atoms with Crippen LogP contribution in [0, 0.1) is 0 Å². The molecule has 1 amide bonds. The monoisotopic (exact) mass is 475 g/mol. The second kappa shape index (κ2) is 11.7. The van der Waals surface area contributed by atoms with Crippen molar-refractivity contribution in [2.45, 2.75) is 19.5 Å². The van der Waals surface area contributed by atoms with Gasteiger partial charge in [0.05, 0.1) is 13.7 Å². The third-order valence-corrected chi connectivity index (χ3v) is 5.95. The van der Waals surface area contributed by atoms with Crippen molar-refractivity contribution in [1.82, 2.24) is 25.1 Å². The zero-order chi connectivity index (χ0) is 24.6. The number of methoxy groups -OCH3 is 1. The first-order valence-corrected chi connectivity index (χ1v) is 11.8. The molecule has 184 valence electrons. The molecule has 2 aromatic carbocycles. The van der Waals surface area contributed by atoms with Crippen molar-refractivity contribution in [3.63, 3.8) is 0 Å². The highest BCUT2D eigenvalue weighted by Crippen LogP contribution is 2.22. The Morgan fingerprint density at radius 3 is 2.69 bits per heavy atom. The Kier molecular flexibility index (Phi) is 8.18. The highest BCUT2D eigenvalue weighted by Gasteiger charge is 2.17. The number of benzene rings is 2. The Hall–Kier alpha value is -3.62. The average molecular weight is 476 g/mol. The zero-order valence-corrected chi connectivity index (χ0v) is 20.6. The second-order valence-electron chi connectivity index (χ2n) is 8.82. The van der Waals surface area contributed by atoms with Crippen LogP contribution in [0.1, 0.15) is 27.5 Å². The first-order valence-electron chi connectivity index (χ1n) is 11.8. The fraction of sp³-hybridized carbons (Fsp3) is 0.333. The van der Waals surface area contributed by atoms with E-state index in [1.807, 2.05) is 43.3 Å². The molecule has 35 heavy (non-hydrogen) atoms.